The first-order valence-corrected chi connectivity index (χ1v) is 10.9. The molecule has 0 saturated carbocycles. The molecule has 0 atom stereocenters. The van der Waals surface area contributed by atoms with Gasteiger partial charge in [0.15, 0.2) is 0 Å². The van der Waals surface area contributed by atoms with Crippen molar-refractivity contribution in [3.8, 4) is 0 Å². The SMILES string of the molecule is Cc1cc(N2CCc3ccccc32)nc(N2CCN(c3cccc(C)c3C)CC2)n1. The van der Waals surface area contributed by atoms with Gasteiger partial charge >= 0.3 is 0 Å². The summed E-state index contributed by atoms with van der Waals surface area (Å²) >= 11 is 0. The van der Waals surface area contributed by atoms with Crippen molar-refractivity contribution in [1.29, 1.82) is 0 Å². The molecular formula is C25H29N5. The average Bonchev–Trinajstić information content (AvgIpc) is 3.20. The zero-order valence-corrected chi connectivity index (χ0v) is 18.1. The van der Waals surface area contributed by atoms with E-state index in [-0.39, 0.29) is 0 Å². The Bertz CT molecular complexity index is 1070. The summed E-state index contributed by atoms with van der Waals surface area (Å²) in [6, 6.07) is 17.3. The Kier molecular flexibility index (Phi) is 4.81. The molecule has 1 saturated heterocycles. The lowest BCUT2D eigenvalue weighted by Gasteiger charge is -2.37. The molecule has 1 fully saturated rings. The number of rotatable bonds is 3. The summed E-state index contributed by atoms with van der Waals surface area (Å²) < 4.78 is 0. The van der Waals surface area contributed by atoms with Crippen LogP contribution in [0.3, 0.4) is 0 Å². The Labute approximate surface area is 179 Å². The van der Waals surface area contributed by atoms with Crippen molar-refractivity contribution in [1.82, 2.24) is 9.97 Å². The van der Waals surface area contributed by atoms with Gasteiger partial charge in [-0.2, -0.15) is 4.98 Å². The monoisotopic (exact) mass is 399 g/mol. The number of anilines is 4. The lowest BCUT2D eigenvalue weighted by molar-refractivity contribution is 0.637. The van der Waals surface area contributed by atoms with Crippen LogP contribution in [-0.4, -0.2) is 42.7 Å². The van der Waals surface area contributed by atoms with Gasteiger partial charge < -0.3 is 14.7 Å². The van der Waals surface area contributed by atoms with Crippen molar-refractivity contribution in [2.24, 2.45) is 0 Å². The lowest BCUT2D eigenvalue weighted by Crippen LogP contribution is -2.47. The van der Waals surface area contributed by atoms with Crippen LogP contribution in [0.2, 0.25) is 0 Å². The van der Waals surface area contributed by atoms with E-state index in [9.17, 15) is 0 Å². The minimum atomic E-state index is 0.856. The highest BCUT2D eigenvalue weighted by molar-refractivity contribution is 5.68. The predicted octanol–water partition coefficient (Wildman–Crippen LogP) is 4.42. The van der Waals surface area contributed by atoms with Crippen molar-refractivity contribution >= 4 is 23.1 Å². The first kappa shape index (κ1) is 18.9. The number of para-hydroxylation sites is 1. The van der Waals surface area contributed by atoms with E-state index in [0.29, 0.717) is 0 Å². The number of benzene rings is 2. The van der Waals surface area contributed by atoms with Gasteiger partial charge in [0.25, 0.3) is 0 Å². The van der Waals surface area contributed by atoms with E-state index in [1.807, 2.05) is 0 Å². The van der Waals surface area contributed by atoms with E-state index in [1.165, 1.54) is 28.1 Å². The summed E-state index contributed by atoms with van der Waals surface area (Å²) in [5.41, 5.74) is 7.80. The fourth-order valence-corrected chi connectivity index (χ4v) is 4.62. The lowest BCUT2D eigenvalue weighted by atomic mass is 10.1. The summed E-state index contributed by atoms with van der Waals surface area (Å²) in [6.07, 6.45) is 1.07. The van der Waals surface area contributed by atoms with E-state index in [1.54, 1.807) is 0 Å². The first-order chi connectivity index (χ1) is 14.6. The van der Waals surface area contributed by atoms with Crippen LogP contribution in [0.4, 0.5) is 23.1 Å². The summed E-state index contributed by atoms with van der Waals surface area (Å²) in [4.78, 5) is 16.9. The van der Waals surface area contributed by atoms with Crippen LogP contribution in [0.1, 0.15) is 22.4 Å². The Morgan fingerprint density at radius 2 is 1.47 bits per heavy atom. The molecule has 30 heavy (non-hydrogen) atoms. The van der Waals surface area contributed by atoms with Gasteiger partial charge in [-0.05, 0) is 56.0 Å². The number of piperazine rings is 1. The molecule has 2 aromatic carbocycles. The molecule has 2 aliphatic heterocycles. The Hall–Kier alpha value is -3.08. The second-order valence-corrected chi connectivity index (χ2v) is 8.39. The molecule has 3 heterocycles. The number of hydrogen-bond acceptors (Lipinski definition) is 5. The van der Waals surface area contributed by atoms with Crippen LogP contribution in [-0.2, 0) is 6.42 Å². The number of fused-ring (bicyclic) bond motifs is 1. The molecule has 0 N–H and O–H groups in total. The highest BCUT2D eigenvalue weighted by Gasteiger charge is 2.24. The molecule has 3 aromatic rings. The Morgan fingerprint density at radius 3 is 2.30 bits per heavy atom. The largest absolute Gasteiger partial charge is 0.368 e. The highest BCUT2D eigenvalue weighted by atomic mass is 15.3. The van der Waals surface area contributed by atoms with Crippen molar-refractivity contribution in [2.75, 3.05) is 47.4 Å². The molecule has 0 amide bonds. The van der Waals surface area contributed by atoms with Crippen LogP contribution < -0.4 is 14.7 Å². The van der Waals surface area contributed by atoms with Crippen LogP contribution in [0.5, 0.6) is 0 Å². The molecule has 0 spiro atoms. The van der Waals surface area contributed by atoms with Crippen LogP contribution in [0.25, 0.3) is 0 Å². The third kappa shape index (κ3) is 3.38. The van der Waals surface area contributed by atoms with E-state index in [0.717, 1.165) is 56.6 Å². The summed E-state index contributed by atoms with van der Waals surface area (Å²) in [5, 5.41) is 0. The maximum atomic E-state index is 4.99. The normalized spacial score (nSPS) is 16.2. The zero-order chi connectivity index (χ0) is 20.7. The van der Waals surface area contributed by atoms with Gasteiger partial charge in [0, 0.05) is 55.9 Å². The van der Waals surface area contributed by atoms with Gasteiger partial charge in [-0.3, -0.25) is 0 Å². The number of nitrogens with zero attached hydrogens (tertiary/aromatic N) is 5. The van der Waals surface area contributed by atoms with Crippen LogP contribution in [0.15, 0.2) is 48.5 Å². The summed E-state index contributed by atoms with van der Waals surface area (Å²) in [6.45, 7) is 11.3. The maximum Gasteiger partial charge on any atom is 0.227 e. The Morgan fingerprint density at radius 1 is 0.733 bits per heavy atom. The third-order valence-electron chi connectivity index (χ3n) is 6.47. The fourth-order valence-electron chi connectivity index (χ4n) is 4.62. The van der Waals surface area contributed by atoms with E-state index >= 15 is 0 Å². The number of aryl methyl sites for hydroxylation is 2. The van der Waals surface area contributed by atoms with Crippen molar-refractivity contribution in [3.05, 3.63) is 70.9 Å². The quantitative estimate of drug-likeness (QED) is 0.651. The second kappa shape index (κ2) is 7.63. The van der Waals surface area contributed by atoms with Crippen molar-refractivity contribution < 1.29 is 0 Å². The highest BCUT2D eigenvalue weighted by Crippen LogP contribution is 2.34. The molecule has 1 aromatic heterocycles. The molecule has 154 valence electrons. The molecule has 5 nitrogen and oxygen atoms in total. The van der Waals surface area contributed by atoms with E-state index in [2.05, 4.69) is 84.0 Å². The van der Waals surface area contributed by atoms with Crippen molar-refractivity contribution in [2.45, 2.75) is 27.2 Å². The van der Waals surface area contributed by atoms with Gasteiger partial charge in [-0.25, -0.2) is 4.98 Å². The minimum absolute atomic E-state index is 0.856. The van der Waals surface area contributed by atoms with Gasteiger partial charge in [0.2, 0.25) is 5.95 Å². The maximum absolute atomic E-state index is 4.99. The molecule has 5 heteroatoms. The van der Waals surface area contributed by atoms with Gasteiger partial charge in [-0.15, -0.1) is 0 Å². The Balaban J connectivity index is 1.36. The first-order valence-electron chi connectivity index (χ1n) is 10.9. The van der Waals surface area contributed by atoms with Gasteiger partial charge in [-0.1, -0.05) is 30.3 Å². The topological polar surface area (TPSA) is 35.5 Å². The molecule has 0 bridgehead atoms. The number of aromatic nitrogens is 2. The van der Waals surface area contributed by atoms with Gasteiger partial charge in [0.05, 0.1) is 0 Å². The summed E-state index contributed by atoms with van der Waals surface area (Å²) in [7, 11) is 0. The zero-order valence-electron chi connectivity index (χ0n) is 18.1. The molecule has 0 radical (unpaired) electrons. The third-order valence-corrected chi connectivity index (χ3v) is 6.47. The molecule has 0 aliphatic carbocycles. The molecule has 5 rings (SSSR count). The molecule has 0 unspecified atom stereocenters. The molecular weight excluding hydrogens is 370 g/mol. The van der Waals surface area contributed by atoms with Crippen molar-refractivity contribution in [3.63, 3.8) is 0 Å². The predicted molar refractivity (Wildman–Crippen MR) is 124 cm³/mol. The molecule has 2 aliphatic rings. The van der Waals surface area contributed by atoms with Crippen LogP contribution in [0, 0.1) is 20.8 Å². The fraction of sp³-hybridized carbons (Fsp3) is 0.360. The smallest absolute Gasteiger partial charge is 0.227 e. The standard InChI is InChI=1S/C25H29N5/c1-18-7-6-10-22(20(18)3)28-13-15-29(16-14-28)25-26-19(2)17-24(27-25)30-12-11-21-8-4-5-9-23(21)30/h4-10,17H,11-16H2,1-3H3. The average molecular weight is 400 g/mol. The second-order valence-electron chi connectivity index (χ2n) is 8.39. The summed E-state index contributed by atoms with van der Waals surface area (Å²) in [5.74, 6) is 1.87. The van der Waals surface area contributed by atoms with E-state index < -0.39 is 0 Å². The van der Waals surface area contributed by atoms with Gasteiger partial charge in [0.1, 0.15) is 5.82 Å². The number of hydrogen-bond donors (Lipinski definition) is 0. The van der Waals surface area contributed by atoms with E-state index in [4.69, 9.17) is 9.97 Å². The van der Waals surface area contributed by atoms with Crippen LogP contribution >= 0.6 is 0 Å². The minimum Gasteiger partial charge on any atom is -0.368 e.